The van der Waals surface area contributed by atoms with E-state index in [0.29, 0.717) is 5.56 Å². The topological polar surface area (TPSA) is 69.1 Å². The van der Waals surface area contributed by atoms with Crippen LogP contribution in [0.1, 0.15) is 15.9 Å². The van der Waals surface area contributed by atoms with E-state index in [2.05, 4.69) is 15.9 Å². The predicted molar refractivity (Wildman–Crippen MR) is 83.1 cm³/mol. The molecule has 0 bridgehead atoms. The molecule has 1 amide bonds. The van der Waals surface area contributed by atoms with Gasteiger partial charge in [-0.3, -0.25) is 4.79 Å². The number of rotatable bonds is 4. The van der Waals surface area contributed by atoms with Gasteiger partial charge in [0, 0.05) is 26.4 Å². The molecular formula is C14H13BrN2OS. The fourth-order valence-electron chi connectivity index (χ4n) is 1.58. The molecule has 19 heavy (non-hydrogen) atoms. The highest BCUT2D eigenvalue weighted by Gasteiger charge is 2.03. The number of carbonyl (C=O) groups is 1. The van der Waals surface area contributed by atoms with Gasteiger partial charge in [-0.25, -0.2) is 0 Å². The molecule has 0 aliphatic carbocycles. The zero-order chi connectivity index (χ0) is 13.8. The van der Waals surface area contributed by atoms with Crippen LogP contribution in [-0.2, 0) is 5.75 Å². The molecule has 0 atom stereocenters. The molecule has 2 aromatic carbocycles. The maximum Gasteiger partial charge on any atom is 0.248 e. The van der Waals surface area contributed by atoms with Gasteiger partial charge < -0.3 is 11.5 Å². The Bertz CT molecular complexity index is 599. The Labute approximate surface area is 124 Å². The van der Waals surface area contributed by atoms with Gasteiger partial charge in [0.25, 0.3) is 0 Å². The molecule has 0 saturated heterocycles. The summed E-state index contributed by atoms with van der Waals surface area (Å²) < 4.78 is 0.972. The first-order valence-corrected chi connectivity index (χ1v) is 7.40. The summed E-state index contributed by atoms with van der Waals surface area (Å²) in [5, 5.41) is 0. The highest BCUT2D eigenvalue weighted by atomic mass is 79.9. The van der Waals surface area contributed by atoms with E-state index < -0.39 is 5.91 Å². The van der Waals surface area contributed by atoms with Crippen LogP contribution in [-0.4, -0.2) is 5.91 Å². The first kappa shape index (κ1) is 14.0. The molecule has 0 heterocycles. The summed E-state index contributed by atoms with van der Waals surface area (Å²) in [4.78, 5) is 12.0. The van der Waals surface area contributed by atoms with Crippen molar-refractivity contribution in [3.63, 3.8) is 0 Å². The number of anilines is 1. The maximum atomic E-state index is 11.0. The molecule has 0 fully saturated rings. The van der Waals surface area contributed by atoms with Crippen molar-refractivity contribution in [3.05, 3.63) is 58.1 Å². The number of hydrogen-bond donors (Lipinski definition) is 2. The van der Waals surface area contributed by atoms with E-state index in [0.717, 1.165) is 26.4 Å². The molecule has 3 nitrogen and oxygen atoms in total. The number of primary amides is 1. The number of carbonyl (C=O) groups excluding carboxylic acids is 1. The Morgan fingerprint density at radius 2 is 1.84 bits per heavy atom. The lowest BCUT2D eigenvalue weighted by Gasteiger charge is -2.06. The molecule has 0 unspecified atom stereocenters. The smallest absolute Gasteiger partial charge is 0.248 e. The van der Waals surface area contributed by atoms with Gasteiger partial charge in [0.2, 0.25) is 5.91 Å². The Balaban J connectivity index is 2.04. The van der Waals surface area contributed by atoms with Crippen LogP contribution in [0.2, 0.25) is 0 Å². The van der Waals surface area contributed by atoms with E-state index in [1.165, 1.54) is 0 Å². The molecule has 2 aromatic rings. The average molecular weight is 337 g/mol. The molecule has 4 N–H and O–H groups in total. The predicted octanol–water partition coefficient (Wildman–Crippen LogP) is 3.42. The van der Waals surface area contributed by atoms with Crippen molar-refractivity contribution in [1.29, 1.82) is 0 Å². The molecule has 0 aliphatic rings. The SMILES string of the molecule is NC(=O)c1ccc(CSc2ccc(Br)cc2N)cc1. The fourth-order valence-corrected chi connectivity index (χ4v) is 2.86. The van der Waals surface area contributed by atoms with Crippen molar-refractivity contribution in [2.45, 2.75) is 10.6 Å². The summed E-state index contributed by atoms with van der Waals surface area (Å²) in [6.07, 6.45) is 0. The van der Waals surface area contributed by atoms with Crippen molar-refractivity contribution in [2.75, 3.05) is 5.73 Å². The quantitative estimate of drug-likeness (QED) is 0.663. The summed E-state index contributed by atoms with van der Waals surface area (Å²) in [6, 6.07) is 13.1. The van der Waals surface area contributed by atoms with Gasteiger partial charge in [0.15, 0.2) is 0 Å². The van der Waals surface area contributed by atoms with Crippen molar-refractivity contribution in [3.8, 4) is 0 Å². The number of nitrogens with two attached hydrogens (primary N) is 2. The molecule has 5 heteroatoms. The molecule has 98 valence electrons. The van der Waals surface area contributed by atoms with Crippen LogP contribution < -0.4 is 11.5 Å². The first-order chi connectivity index (χ1) is 9.06. The van der Waals surface area contributed by atoms with E-state index in [-0.39, 0.29) is 0 Å². The number of nitrogen functional groups attached to an aromatic ring is 1. The van der Waals surface area contributed by atoms with Gasteiger partial charge in [-0.15, -0.1) is 11.8 Å². The lowest BCUT2D eigenvalue weighted by molar-refractivity contribution is 0.100. The molecule has 0 aliphatic heterocycles. The minimum atomic E-state index is -0.406. The second-order valence-electron chi connectivity index (χ2n) is 4.03. The Morgan fingerprint density at radius 3 is 2.42 bits per heavy atom. The summed E-state index contributed by atoms with van der Waals surface area (Å²) in [7, 11) is 0. The monoisotopic (exact) mass is 336 g/mol. The van der Waals surface area contributed by atoms with Crippen LogP contribution in [0.15, 0.2) is 51.8 Å². The number of benzene rings is 2. The number of amides is 1. The Kier molecular flexibility index (Phi) is 4.50. The van der Waals surface area contributed by atoms with Gasteiger partial charge >= 0.3 is 0 Å². The third-order valence-electron chi connectivity index (χ3n) is 2.60. The van der Waals surface area contributed by atoms with Crippen LogP contribution in [0.4, 0.5) is 5.69 Å². The summed E-state index contributed by atoms with van der Waals surface area (Å²) in [5.74, 6) is 0.390. The zero-order valence-electron chi connectivity index (χ0n) is 10.1. The number of halogens is 1. The van der Waals surface area contributed by atoms with Crippen LogP contribution in [0.25, 0.3) is 0 Å². The average Bonchev–Trinajstić information content (AvgIpc) is 2.38. The fraction of sp³-hybridized carbons (Fsp3) is 0.0714. The minimum Gasteiger partial charge on any atom is -0.398 e. The van der Waals surface area contributed by atoms with E-state index in [4.69, 9.17) is 11.5 Å². The van der Waals surface area contributed by atoms with E-state index in [1.54, 1.807) is 23.9 Å². The standard InChI is InChI=1S/C14H13BrN2OS/c15-11-5-6-13(12(16)7-11)19-8-9-1-3-10(4-2-9)14(17)18/h1-7H,8,16H2,(H2,17,18). The molecule has 0 spiro atoms. The van der Waals surface area contributed by atoms with Crippen molar-refractivity contribution in [2.24, 2.45) is 5.73 Å². The van der Waals surface area contributed by atoms with Gasteiger partial charge in [0.05, 0.1) is 0 Å². The Morgan fingerprint density at radius 1 is 1.16 bits per heavy atom. The maximum absolute atomic E-state index is 11.0. The van der Waals surface area contributed by atoms with E-state index in [9.17, 15) is 4.79 Å². The van der Waals surface area contributed by atoms with Gasteiger partial charge in [-0.2, -0.15) is 0 Å². The van der Waals surface area contributed by atoms with Crippen molar-refractivity contribution < 1.29 is 4.79 Å². The molecule has 2 rings (SSSR count). The highest BCUT2D eigenvalue weighted by molar-refractivity contribution is 9.10. The van der Waals surface area contributed by atoms with Crippen LogP contribution in [0.3, 0.4) is 0 Å². The molecule has 0 aromatic heterocycles. The van der Waals surface area contributed by atoms with Crippen LogP contribution in [0.5, 0.6) is 0 Å². The van der Waals surface area contributed by atoms with Crippen LogP contribution >= 0.6 is 27.7 Å². The lowest BCUT2D eigenvalue weighted by Crippen LogP contribution is -2.10. The third kappa shape index (κ3) is 3.75. The summed E-state index contributed by atoms with van der Waals surface area (Å²) >= 11 is 5.04. The van der Waals surface area contributed by atoms with Gasteiger partial charge in [-0.1, -0.05) is 28.1 Å². The summed E-state index contributed by atoms with van der Waals surface area (Å²) in [6.45, 7) is 0. The molecule has 0 saturated carbocycles. The normalized spacial score (nSPS) is 10.4. The van der Waals surface area contributed by atoms with Gasteiger partial charge in [-0.05, 0) is 35.9 Å². The second-order valence-corrected chi connectivity index (χ2v) is 5.96. The second kappa shape index (κ2) is 6.12. The highest BCUT2D eigenvalue weighted by Crippen LogP contribution is 2.30. The Hall–Kier alpha value is -1.46. The minimum absolute atomic E-state index is 0.406. The van der Waals surface area contributed by atoms with Crippen molar-refractivity contribution >= 4 is 39.3 Å². The van der Waals surface area contributed by atoms with E-state index >= 15 is 0 Å². The summed E-state index contributed by atoms with van der Waals surface area (Å²) in [5.41, 5.74) is 13.5. The van der Waals surface area contributed by atoms with E-state index in [1.807, 2.05) is 30.3 Å². The number of thioether (sulfide) groups is 1. The van der Waals surface area contributed by atoms with Crippen molar-refractivity contribution in [1.82, 2.24) is 0 Å². The first-order valence-electron chi connectivity index (χ1n) is 5.63. The lowest BCUT2D eigenvalue weighted by atomic mass is 10.1. The number of hydrogen-bond acceptors (Lipinski definition) is 3. The zero-order valence-corrected chi connectivity index (χ0v) is 12.5. The molecular weight excluding hydrogens is 324 g/mol. The third-order valence-corrected chi connectivity index (χ3v) is 4.26. The van der Waals surface area contributed by atoms with Gasteiger partial charge in [0.1, 0.15) is 0 Å². The largest absolute Gasteiger partial charge is 0.398 e. The van der Waals surface area contributed by atoms with Crippen LogP contribution in [0, 0.1) is 0 Å². The molecule has 0 radical (unpaired) electrons.